The van der Waals surface area contributed by atoms with Gasteiger partial charge in [0.1, 0.15) is 5.60 Å². The van der Waals surface area contributed by atoms with E-state index in [2.05, 4.69) is 5.32 Å². The van der Waals surface area contributed by atoms with Crippen molar-refractivity contribution in [1.29, 1.82) is 0 Å². The molecule has 0 atom stereocenters. The number of piperidine rings is 1. The summed E-state index contributed by atoms with van der Waals surface area (Å²) in [4.78, 5) is 25.1. The normalized spacial score (nSPS) is 20.0. The van der Waals surface area contributed by atoms with Crippen LogP contribution in [0.25, 0.3) is 0 Å². The molecule has 1 aromatic carbocycles. The highest BCUT2D eigenvalue weighted by molar-refractivity contribution is 7.88. The van der Waals surface area contributed by atoms with E-state index in [1.54, 1.807) is 6.92 Å². The van der Waals surface area contributed by atoms with E-state index < -0.39 is 21.6 Å². The quantitative estimate of drug-likeness (QED) is 0.779. The van der Waals surface area contributed by atoms with E-state index in [-0.39, 0.29) is 31.8 Å². The van der Waals surface area contributed by atoms with Gasteiger partial charge in [0.2, 0.25) is 10.0 Å². The van der Waals surface area contributed by atoms with Crippen LogP contribution in [0.3, 0.4) is 0 Å². The first kappa shape index (κ1) is 19.6. The molecule has 0 aliphatic carbocycles. The van der Waals surface area contributed by atoms with Gasteiger partial charge in [0.25, 0.3) is 5.91 Å². The van der Waals surface area contributed by atoms with Crippen LogP contribution in [0.2, 0.25) is 0 Å². The van der Waals surface area contributed by atoms with Gasteiger partial charge in [0.05, 0.1) is 11.8 Å². The van der Waals surface area contributed by atoms with Crippen LogP contribution in [0, 0.1) is 6.92 Å². The largest absolute Gasteiger partial charge is 0.450 e. The van der Waals surface area contributed by atoms with Crippen LogP contribution in [0.1, 0.15) is 30.9 Å². The molecule has 1 aromatic rings. The Hall–Kier alpha value is -2.19. The second-order valence-electron chi connectivity index (χ2n) is 7.16. The van der Waals surface area contributed by atoms with Gasteiger partial charge in [-0.3, -0.25) is 4.79 Å². The van der Waals surface area contributed by atoms with Gasteiger partial charge in [-0.15, -0.1) is 0 Å². The SMILES string of the molecule is CC1=C(C(=O)NCc2ccccc2C)C2(CCN(S(C)(=O)=O)CC2)OC1=O. The minimum absolute atomic E-state index is 0.216. The fraction of sp³-hybridized carbons (Fsp3) is 0.474. The molecule has 1 spiro atoms. The smallest absolute Gasteiger partial charge is 0.335 e. The Morgan fingerprint density at radius 2 is 1.85 bits per heavy atom. The lowest BCUT2D eigenvalue weighted by atomic mass is 9.83. The molecule has 0 unspecified atom stereocenters. The summed E-state index contributed by atoms with van der Waals surface area (Å²) in [7, 11) is -3.31. The molecule has 7 nitrogen and oxygen atoms in total. The second-order valence-corrected chi connectivity index (χ2v) is 9.14. The maximum atomic E-state index is 12.9. The average molecular weight is 392 g/mol. The Bertz CT molecular complexity index is 912. The Morgan fingerprint density at radius 3 is 2.44 bits per heavy atom. The van der Waals surface area contributed by atoms with Crippen molar-refractivity contribution in [1.82, 2.24) is 9.62 Å². The lowest BCUT2D eigenvalue weighted by Gasteiger charge is -2.38. The number of amides is 1. The van der Waals surface area contributed by atoms with E-state index in [1.807, 2.05) is 31.2 Å². The molecule has 0 bridgehead atoms. The third-order valence-electron chi connectivity index (χ3n) is 5.35. The number of benzene rings is 1. The Morgan fingerprint density at radius 1 is 1.22 bits per heavy atom. The summed E-state index contributed by atoms with van der Waals surface area (Å²) in [6.07, 6.45) is 1.70. The zero-order valence-electron chi connectivity index (χ0n) is 15.7. The fourth-order valence-corrected chi connectivity index (χ4v) is 4.58. The van der Waals surface area contributed by atoms with E-state index in [9.17, 15) is 18.0 Å². The van der Waals surface area contributed by atoms with Gasteiger partial charge in [-0.1, -0.05) is 24.3 Å². The number of esters is 1. The lowest BCUT2D eigenvalue weighted by Crippen LogP contribution is -2.50. The van der Waals surface area contributed by atoms with Crippen LogP contribution in [0.15, 0.2) is 35.4 Å². The summed E-state index contributed by atoms with van der Waals surface area (Å²) in [5.74, 6) is -0.849. The molecule has 1 N–H and O–H groups in total. The zero-order chi connectivity index (χ0) is 19.8. The summed E-state index contributed by atoms with van der Waals surface area (Å²) in [5.41, 5.74) is 1.64. The van der Waals surface area contributed by atoms with Crippen molar-refractivity contribution in [2.24, 2.45) is 0 Å². The van der Waals surface area contributed by atoms with Crippen molar-refractivity contribution in [2.75, 3.05) is 19.3 Å². The standard InChI is InChI=1S/C19H24N2O5S/c1-13-6-4-5-7-15(13)12-20-17(22)16-14(2)18(23)26-19(16)8-10-21(11-9-19)27(3,24)25/h4-7H,8-12H2,1-3H3,(H,20,22). The molecule has 3 rings (SSSR count). The first-order valence-corrected chi connectivity index (χ1v) is 10.7. The van der Waals surface area contributed by atoms with Gasteiger partial charge in [-0.05, 0) is 25.0 Å². The number of nitrogens with one attached hydrogen (secondary N) is 1. The highest BCUT2D eigenvalue weighted by Gasteiger charge is 2.51. The molecule has 0 saturated carbocycles. The topological polar surface area (TPSA) is 92.8 Å². The van der Waals surface area contributed by atoms with Crippen molar-refractivity contribution in [3.63, 3.8) is 0 Å². The van der Waals surface area contributed by atoms with Crippen LogP contribution >= 0.6 is 0 Å². The molecular formula is C19H24N2O5S. The predicted molar refractivity (Wildman–Crippen MR) is 100 cm³/mol. The Labute approximate surface area is 159 Å². The molecule has 2 heterocycles. The average Bonchev–Trinajstić information content (AvgIpc) is 2.83. The molecule has 146 valence electrons. The number of rotatable bonds is 4. The monoisotopic (exact) mass is 392 g/mol. The van der Waals surface area contributed by atoms with Crippen molar-refractivity contribution in [2.45, 2.75) is 38.8 Å². The number of carbonyl (C=O) groups excluding carboxylic acids is 2. The molecule has 1 amide bonds. The highest BCUT2D eigenvalue weighted by Crippen LogP contribution is 2.41. The molecule has 1 saturated heterocycles. The Balaban J connectivity index is 1.78. The summed E-state index contributed by atoms with van der Waals surface area (Å²) in [5, 5.41) is 2.88. The van der Waals surface area contributed by atoms with Gasteiger partial charge in [-0.2, -0.15) is 0 Å². The van der Waals surface area contributed by atoms with Gasteiger partial charge in [-0.25, -0.2) is 17.5 Å². The molecule has 27 heavy (non-hydrogen) atoms. The van der Waals surface area contributed by atoms with E-state index in [0.29, 0.717) is 17.7 Å². The highest BCUT2D eigenvalue weighted by atomic mass is 32.2. The van der Waals surface area contributed by atoms with E-state index >= 15 is 0 Å². The summed E-state index contributed by atoms with van der Waals surface area (Å²) in [6.45, 7) is 4.34. The summed E-state index contributed by atoms with van der Waals surface area (Å²) < 4.78 is 30.4. The van der Waals surface area contributed by atoms with Crippen molar-refractivity contribution in [3.8, 4) is 0 Å². The van der Waals surface area contributed by atoms with Crippen LogP contribution in [0.5, 0.6) is 0 Å². The maximum Gasteiger partial charge on any atom is 0.335 e. The first-order chi connectivity index (χ1) is 12.6. The molecule has 1 fully saturated rings. The molecule has 0 aromatic heterocycles. The van der Waals surface area contributed by atoms with E-state index in [0.717, 1.165) is 17.4 Å². The fourth-order valence-electron chi connectivity index (χ4n) is 3.73. The molecule has 0 radical (unpaired) electrons. The van der Waals surface area contributed by atoms with Gasteiger partial charge in [0.15, 0.2) is 0 Å². The third-order valence-corrected chi connectivity index (χ3v) is 6.65. The molecule has 2 aliphatic rings. The number of aryl methyl sites for hydroxylation is 1. The first-order valence-electron chi connectivity index (χ1n) is 8.86. The number of carbonyl (C=O) groups is 2. The number of hydrogen-bond donors (Lipinski definition) is 1. The van der Waals surface area contributed by atoms with E-state index in [4.69, 9.17) is 4.74 Å². The molecule has 8 heteroatoms. The Kier molecular flexibility index (Phi) is 5.14. The summed E-state index contributed by atoms with van der Waals surface area (Å²) in [6, 6.07) is 7.75. The third kappa shape index (κ3) is 3.77. The number of nitrogens with zero attached hydrogens (tertiary/aromatic N) is 1. The van der Waals surface area contributed by atoms with Crippen molar-refractivity contribution >= 4 is 21.9 Å². The zero-order valence-corrected chi connectivity index (χ0v) is 16.6. The van der Waals surface area contributed by atoms with Crippen molar-refractivity contribution < 1.29 is 22.7 Å². The van der Waals surface area contributed by atoms with Crippen LogP contribution in [0.4, 0.5) is 0 Å². The van der Waals surface area contributed by atoms with Crippen LogP contribution in [-0.4, -0.2) is 49.5 Å². The number of ether oxygens (including phenoxy) is 1. The predicted octanol–water partition coefficient (Wildman–Crippen LogP) is 1.28. The maximum absolute atomic E-state index is 12.9. The van der Waals surface area contributed by atoms with Crippen LogP contribution < -0.4 is 5.32 Å². The minimum Gasteiger partial charge on any atom is -0.450 e. The van der Waals surface area contributed by atoms with Crippen molar-refractivity contribution in [3.05, 3.63) is 46.5 Å². The number of sulfonamides is 1. The van der Waals surface area contributed by atoms with Crippen LogP contribution in [-0.2, 0) is 30.9 Å². The summed E-state index contributed by atoms with van der Waals surface area (Å²) >= 11 is 0. The van der Waals surface area contributed by atoms with Gasteiger partial charge < -0.3 is 10.1 Å². The van der Waals surface area contributed by atoms with Gasteiger partial charge in [0, 0.05) is 38.0 Å². The lowest BCUT2D eigenvalue weighted by molar-refractivity contribution is -0.150. The molecular weight excluding hydrogens is 368 g/mol. The van der Waals surface area contributed by atoms with Gasteiger partial charge >= 0.3 is 5.97 Å². The minimum atomic E-state index is -3.31. The molecule has 2 aliphatic heterocycles. The van der Waals surface area contributed by atoms with E-state index in [1.165, 1.54) is 4.31 Å². The second kappa shape index (κ2) is 7.09. The number of hydrogen-bond acceptors (Lipinski definition) is 5.